The van der Waals surface area contributed by atoms with Gasteiger partial charge in [-0.1, -0.05) is 42.5 Å². The molecule has 0 bridgehead atoms. The molecule has 0 saturated heterocycles. The lowest BCUT2D eigenvalue weighted by atomic mass is 10.0. The van der Waals surface area contributed by atoms with Gasteiger partial charge in [-0.2, -0.15) is 0 Å². The number of fused-ring (bicyclic) bond motifs is 3. The number of benzene rings is 2. The van der Waals surface area contributed by atoms with Crippen LogP contribution in [0, 0.1) is 0 Å². The van der Waals surface area contributed by atoms with Gasteiger partial charge in [0, 0.05) is 6.54 Å². The molecule has 0 radical (unpaired) electrons. The summed E-state index contributed by atoms with van der Waals surface area (Å²) in [6.45, 7) is 2.78. The molecule has 0 spiro atoms. The molecule has 0 atom stereocenters. The topological polar surface area (TPSA) is 38.3 Å². The van der Waals surface area contributed by atoms with Crippen molar-refractivity contribution in [1.82, 2.24) is 5.32 Å². The zero-order chi connectivity index (χ0) is 13.9. The summed E-state index contributed by atoms with van der Waals surface area (Å²) in [6, 6.07) is 14.6. The van der Waals surface area contributed by atoms with Crippen molar-refractivity contribution in [1.29, 1.82) is 0 Å². The van der Waals surface area contributed by atoms with E-state index in [4.69, 9.17) is 4.74 Å². The predicted molar refractivity (Wildman–Crippen MR) is 78.5 cm³/mol. The average molecular weight is 267 g/mol. The molecule has 2 aromatic carbocycles. The number of alkyl carbamates (subject to hydrolysis) is 1. The van der Waals surface area contributed by atoms with Gasteiger partial charge in [-0.15, -0.1) is 0 Å². The fraction of sp³-hybridized carbons (Fsp3) is 0.235. The van der Waals surface area contributed by atoms with Crippen LogP contribution < -0.4 is 5.32 Å². The van der Waals surface area contributed by atoms with Crippen LogP contribution >= 0.6 is 0 Å². The number of carbonyl (C=O) groups is 1. The van der Waals surface area contributed by atoms with Crippen molar-refractivity contribution in [2.45, 2.75) is 20.0 Å². The monoisotopic (exact) mass is 267 g/mol. The standard InChI is InChI=1S/C17H17NO2/c1-2-18-17(19)20-11-13-7-5-9-15-14-8-4-3-6-12(14)10-16(13)15/h3-9H,2,10-11H2,1H3,(H,18,19). The van der Waals surface area contributed by atoms with Crippen molar-refractivity contribution in [3.63, 3.8) is 0 Å². The lowest BCUT2D eigenvalue weighted by Gasteiger charge is -2.09. The van der Waals surface area contributed by atoms with E-state index < -0.39 is 0 Å². The molecule has 20 heavy (non-hydrogen) atoms. The van der Waals surface area contributed by atoms with Crippen molar-refractivity contribution in [3.05, 3.63) is 59.2 Å². The SMILES string of the molecule is CCNC(=O)OCc1cccc2c1Cc1ccccc1-2. The first-order valence-electron chi connectivity index (χ1n) is 6.89. The fourth-order valence-electron chi connectivity index (χ4n) is 2.70. The summed E-state index contributed by atoms with van der Waals surface area (Å²) < 4.78 is 5.24. The molecule has 1 aliphatic rings. The van der Waals surface area contributed by atoms with E-state index in [1.54, 1.807) is 0 Å². The second kappa shape index (κ2) is 5.37. The molecular formula is C17H17NO2. The van der Waals surface area contributed by atoms with E-state index in [2.05, 4.69) is 35.6 Å². The first-order valence-corrected chi connectivity index (χ1v) is 6.89. The smallest absolute Gasteiger partial charge is 0.407 e. The quantitative estimate of drug-likeness (QED) is 0.788. The predicted octanol–water partition coefficient (Wildman–Crippen LogP) is 3.50. The molecular weight excluding hydrogens is 250 g/mol. The van der Waals surface area contributed by atoms with Crippen LogP contribution in [0.2, 0.25) is 0 Å². The lowest BCUT2D eigenvalue weighted by molar-refractivity contribution is 0.140. The third-order valence-electron chi connectivity index (χ3n) is 3.63. The Morgan fingerprint density at radius 1 is 1.15 bits per heavy atom. The van der Waals surface area contributed by atoms with E-state index in [1.165, 1.54) is 22.3 Å². The summed E-state index contributed by atoms with van der Waals surface area (Å²) in [7, 11) is 0. The van der Waals surface area contributed by atoms with Crippen molar-refractivity contribution in [2.75, 3.05) is 6.54 Å². The number of carbonyl (C=O) groups excluding carboxylic acids is 1. The summed E-state index contributed by atoms with van der Waals surface area (Å²) in [5.41, 5.74) is 6.26. The molecule has 0 aromatic heterocycles. The Hall–Kier alpha value is -2.29. The van der Waals surface area contributed by atoms with E-state index in [0.717, 1.165) is 12.0 Å². The number of nitrogens with one attached hydrogen (secondary N) is 1. The van der Waals surface area contributed by atoms with E-state index >= 15 is 0 Å². The van der Waals surface area contributed by atoms with E-state index in [0.29, 0.717) is 13.2 Å². The number of hydrogen-bond donors (Lipinski definition) is 1. The largest absolute Gasteiger partial charge is 0.445 e. The van der Waals surface area contributed by atoms with Gasteiger partial charge in [-0.3, -0.25) is 0 Å². The highest BCUT2D eigenvalue weighted by Gasteiger charge is 2.20. The minimum Gasteiger partial charge on any atom is -0.445 e. The molecule has 3 rings (SSSR count). The molecule has 0 fully saturated rings. The molecule has 3 nitrogen and oxygen atoms in total. The number of ether oxygens (including phenoxy) is 1. The first-order chi connectivity index (χ1) is 9.79. The van der Waals surface area contributed by atoms with E-state index in [1.807, 2.05) is 19.1 Å². The third-order valence-corrected chi connectivity index (χ3v) is 3.63. The van der Waals surface area contributed by atoms with Gasteiger partial charge in [0.1, 0.15) is 6.61 Å². The fourth-order valence-corrected chi connectivity index (χ4v) is 2.70. The van der Waals surface area contributed by atoms with Crippen LogP contribution in [0.1, 0.15) is 23.6 Å². The maximum atomic E-state index is 11.4. The van der Waals surface area contributed by atoms with Crippen molar-refractivity contribution in [2.24, 2.45) is 0 Å². The molecule has 1 amide bonds. The molecule has 0 aliphatic heterocycles. The van der Waals surface area contributed by atoms with Gasteiger partial charge in [-0.05, 0) is 41.2 Å². The Morgan fingerprint density at radius 2 is 1.95 bits per heavy atom. The number of rotatable bonds is 3. The Morgan fingerprint density at radius 3 is 2.80 bits per heavy atom. The highest BCUT2D eigenvalue weighted by Crippen LogP contribution is 2.38. The van der Waals surface area contributed by atoms with Gasteiger partial charge >= 0.3 is 6.09 Å². The summed E-state index contributed by atoms with van der Waals surface area (Å²) in [4.78, 5) is 11.4. The molecule has 1 N–H and O–H groups in total. The summed E-state index contributed by atoms with van der Waals surface area (Å²) in [6.07, 6.45) is 0.557. The number of amides is 1. The second-order valence-corrected chi connectivity index (χ2v) is 4.88. The van der Waals surface area contributed by atoms with Crippen LogP contribution in [0.3, 0.4) is 0 Å². The average Bonchev–Trinajstić information content (AvgIpc) is 2.84. The zero-order valence-corrected chi connectivity index (χ0v) is 11.5. The van der Waals surface area contributed by atoms with Gasteiger partial charge in [-0.25, -0.2) is 4.79 Å². The molecule has 0 saturated carbocycles. The van der Waals surface area contributed by atoms with Gasteiger partial charge < -0.3 is 10.1 Å². The molecule has 1 aliphatic carbocycles. The second-order valence-electron chi connectivity index (χ2n) is 4.88. The van der Waals surface area contributed by atoms with Gasteiger partial charge in [0.2, 0.25) is 0 Å². The Labute approximate surface area is 118 Å². The van der Waals surface area contributed by atoms with Gasteiger partial charge in [0.05, 0.1) is 0 Å². The number of hydrogen-bond acceptors (Lipinski definition) is 2. The van der Waals surface area contributed by atoms with Crippen LogP contribution in [0.25, 0.3) is 11.1 Å². The Balaban J connectivity index is 1.84. The first kappa shape index (κ1) is 12.7. The Kier molecular flexibility index (Phi) is 3.42. The maximum absolute atomic E-state index is 11.4. The van der Waals surface area contributed by atoms with Crippen molar-refractivity contribution < 1.29 is 9.53 Å². The third kappa shape index (κ3) is 2.27. The van der Waals surface area contributed by atoms with Crippen molar-refractivity contribution in [3.8, 4) is 11.1 Å². The van der Waals surface area contributed by atoms with Crippen LogP contribution in [0.4, 0.5) is 4.79 Å². The molecule has 102 valence electrons. The van der Waals surface area contributed by atoms with Gasteiger partial charge in [0.15, 0.2) is 0 Å². The minimum absolute atomic E-state index is 0.322. The van der Waals surface area contributed by atoms with Crippen molar-refractivity contribution >= 4 is 6.09 Å². The molecule has 2 aromatic rings. The highest BCUT2D eigenvalue weighted by atomic mass is 16.5. The highest BCUT2D eigenvalue weighted by molar-refractivity contribution is 5.78. The van der Waals surface area contributed by atoms with Gasteiger partial charge in [0.25, 0.3) is 0 Å². The van der Waals surface area contributed by atoms with Crippen LogP contribution in [0.15, 0.2) is 42.5 Å². The molecule has 0 heterocycles. The molecule has 0 unspecified atom stereocenters. The zero-order valence-electron chi connectivity index (χ0n) is 11.5. The minimum atomic E-state index is -0.361. The summed E-state index contributed by atoms with van der Waals surface area (Å²) in [5.74, 6) is 0. The summed E-state index contributed by atoms with van der Waals surface area (Å²) in [5, 5.41) is 2.64. The molecule has 3 heteroatoms. The van der Waals surface area contributed by atoms with Crippen LogP contribution in [-0.2, 0) is 17.8 Å². The van der Waals surface area contributed by atoms with E-state index in [-0.39, 0.29) is 6.09 Å². The maximum Gasteiger partial charge on any atom is 0.407 e. The van der Waals surface area contributed by atoms with Crippen LogP contribution in [0.5, 0.6) is 0 Å². The van der Waals surface area contributed by atoms with Crippen LogP contribution in [-0.4, -0.2) is 12.6 Å². The Bertz CT molecular complexity index is 649. The normalized spacial score (nSPS) is 11.7. The summed E-state index contributed by atoms with van der Waals surface area (Å²) >= 11 is 0. The lowest BCUT2D eigenvalue weighted by Crippen LogP contribution is -2.23. The van der Waals surface area contributed by atoms with E-state index in [9.17, 15) is 4.79 Å².